The Morgan fingerprint density at radius 2 is 1.84 bits per heavy atom. The van der Waals surface area contributed by atoms with Crippen molar-refractivity contribution in [2.45, 2.75) is 19.5 Å². The largest absolute Gasteiger partial charge is 0.379 e. The molecule has 1 fully saturated rings. The zero-order valence-electron chi connectivity index (χ0n) is 18.2. The van der Waals surface area contributed by atoms with E-state index >= 15 is 0 Å². The van der Waals surface area contributed by atoms with Crippen molar-refractivity contribution < 1.29 is 22.7 Å². The van der Waals surface area contributed by atoms with E-state index in [1.807, 2.05) is 0 Å². The maximum atomic E-state index is 12.9. The number of nitrogens with zero attached hydrogens (tertiary/aromatic N) is 3. The second-order valence-electron chi connectivity index (χ2n) is 7.59. The van der Waals surface area contributed by atoms with E-state index in [1.165, 1.54) is 11.9 Å². The van der Waals surface area contributed by atoms with Crippen LogP contribution in [0.5, 0.6) is 0 Å². The molecule has 11 heteroatoms. The van der Waals surface area contributed by atoms with Gasteiger partial charge in [-0.25, -0.2) is 8.42 Å². The number of likely N-dealkylation sites (N-methyl/N-ethyl adjacent to an activating group) is 1. The van der Waals surface area contributed by atoms with Crippen molar-refractivity contribution in [3.05, 3.63) is 34.9 Å². The SMILES string of the molecule is C[C@@H](C(=O)NCCN1CCOCC1)N(Cc1ccc(Cl)cc1)C(=O)CN(C)S(C)(=O)=O. The Morgan fingerprint density at radius 3 is 2.42 bits per heavy atom. The van der Waals surface area contributed by atoms with Gasteiger partial charge in [0.1, 0.15) is 6.04 Å². The molecular weight excluding hydrogens is 444 g/mol. The molecule has 0 spiro atoms. The van der Waals surface area contributed by atoms with E-state index < -0.39 is 22.0 Å². The summed E-state index contributed by atoms with van der Waals surface area (Å²) >= 11 is 5.93. The molecule has 0 aromatic heterocycles. The second kappa shape index (κ2) is 11.8. The summed E-state index contributed by atoms with van der Waals surface area (Å²) in [5, 5.41) is 3.44. The predicted octanol–water partition coefficient (Wildman–Crippen LogP) is 0.397. The monoisotopic (exact) mass is 474 g/mol. The molecule has 2 amide bonds. The molecule has 1 N–H and O–H groups in total. The number of sulfonamides is 1. The van der Waals surface area contributed by atoms with Crippen molar-refractivity contribution in [2.24, 2.45) is 0 Å². The zero-order valence-corrected chi connectivity index (χ0v) is 19.8. The second-order valence-corrected chi connectivity index (χ2v) is 10.1. The highest BCUT2D eigenvalue weighted by atomic mass is 35.5. The van der Waals surface area contributed by atoms with Gasteiger partial charge in [0.25, 0.3) is 0 Å². The number of morpholine rings is 1. The van der Waals surface area contributed by atoms with Crippen molar-refractivity contribution in [1.29, 1.82) is 0 Å². The van der Waals surface area contributed by atoms with Crippen LogP contribution < -0.4 is 5.32 Å². The van der Waals surface area contributed by atoms with E-state index in [-0.39, 0.29) is 19.0 Å². The van der Waals surface area contributed by atoms with Crippen molar-refractivity contribution in [2.75, 3.05) is 59.2 Å². The molecule has 0 aliphatic carbocycles. The van der Waals surface area contributed by atoms with Crippen LogP contribution in [0.1, 0.15) is 12.5 Å². The molecule has 1 heterocycles. The molecule has 1 aromatic rings. The summed E-state index contributed by atoms with van der Waals surface area (Å²) in [4.78, 5) is 29.3. The third-order valence-corrected chi connectivity index (χ3v) is 6.70. The summed E-state index contributed by atoms with van der Waals surface area (Å²) in [6.45, 7) is 5.61. The van der Waals surface area contributed by atoms with Crippen LogP contribution in [0.4, 0.5) is 0 Å². The number of ether oxygens (including phenoxy) is 1. The smallest absolute Gasteiger partial charge is 0.242 e. The topological polar surface area (TPSA) is 99.3 Å². The normalized spacial score (nSPS) is 16.2. The maximum absolute atomic E-state index is 12.9. The third-order valence-electron chi connectivity index (χ3n) is 5.19. The molecule has 1 aliphatic heterocycles. The lowest BCUT2D eigenvalue weighted by Crippen LogP contribution is -2.51. The Hall–Kier alpha value is -1.72. The number of carbonyl (C=O) groups excluding carboxylic acids is 2. The molecule has 2 rings (SSSR count). The summed E-state index contributed by atoms with van der Waals surface area (Å²) in [7, 11) is -2.20. The minimum atomic E-state index is -3.53. The summed E-state index contributed by atoms with van der Waals surface area (Å²) < 4.78 is 29.7. The van der Waals surface area contributed by atoms with Crippen LogP contribution in [0.2, 0.25) is 5.02 Å². The van der Waals surface area contributed by atoms with Crippen molar-refractivity contribution in [3.8, 4) is 0 Å². The van der Waals surface area contributed by atoms with Gasteiger partial charge in [-0.05, 0) is 24.6 Å². The van der Waals surface area contributed by atoms with E-state index in [0.717, 1.165) is 29.2 Å². The minimum Gasteiger partial charge on any atom is -0.379 e. The Kier molecular flexibility index (Phi) is 9.70. The van der Waals surface area contributed by atoms with Gasteiger partial charge in [-0.15, -0.1) is 0 Å². The van der Waals surface area contributed by atoms with E-state index in [9.17, 15) is 18.0 Å². The van der Waals surface area contributed by atoms with Crippen LogP contribution in [0, 0.1) is 0 Å². The summed E-state index contributed by atoms with van der Waals surface area (Å²) in [5.74, 6) is -0.753. The average molecular weight is 475 g/mol. The molecule has 0 bridgehead atoms. The van der Waals surface area contributed by atoms with Crippen LogP contribution in [0.3, 0.4) is 0 Å². The summed E-state index contributed by atoms with van der Waals surface area (Å²) in [6.07, 6.45) is 1.03. The number of halogens is 1. The fourth-order valence-electron chi connectivity index (χ4n) is 3.08. The first-order valence-corrected chi connectivity index (χ1v) is 12.3. The van der Waals surface area contributed by atoms with E-state index in [4.69, 9.17) is 16.3 Å². The van der Waals surface area contributed by atoms with Gasteiger partial charge in [-0.3, -0.25) is 14.5 Å². The highest BCUT2D eigenvalue weighted by molar-refractivity contribution is 7.88. The number of carbonyl (C=O) groups is 2. The van der Waals surface area contributed by atoms with Crippen LogP contribution in [0.25, 0.3) is 0 Å². The molecule has 174 valence electrons. The van der Waals surface area contributed by atoms with E-state index in [1.54, 1.807) is 31.2 Å². The van der Waals surface area contributed by atoms with E-state index in [2.05, 4.69) is 10.2 Å². The van der Waals surface area contributed by atoms with Gasteiger partial charge in [-0.2, -0.15) is 4.31 Å². The molecule has 1 saturated heterocycles. The molecule has 0 unspecified atom stereocenters. The Bertz CT molecular complexity index is 844. The van der Waals surface area contributed by atoms with Crippen LogP contribution in [0.15, 0.2) is 24.3 Å². The highest BCUT2D eigenvalue weighted by Gasteiger charge is 2.28. The summed E-state index contributed by atoms with van der Waals surface area (Å²) in [6, 6.07) is 6.17. The molecule has 0 radical (unpaired) electrons. The predicted molar refractivity (Wildman–Crippen MR) is 119 cm³/mol. The molecule has 0 saturated carbocycles. The van der Waals surface area contributed by atoms with Crippen molar-refractivity contribution in [3.63, 3.8) is 0 Å². The lowest BCUT2D eigenvalue weighted by atomic mass is 10.1. The number of nitrogens with one attached hydrogen (secondary N) is 1. The Balaban J connectivity index is 2.04. The lowest BCUT2D eigenvalue weighted by Gasteiger charge is -2.31. The van der Waals surface area contributed by atoms with Gasteiger partial charge >= 0.3 is 0 Å². The quantitative estimate of drug-likeness (QED) is 0.527. The Morgan fingerprint density at radius 1 is 1.23 bits per heavy atom. The molecule has 31 heavy (non-hydrogen) atoms. The van der Waals surface area contributed by atoms with Gasteiger partial charge in [0, 0.05) is 44.8 Å². The van der Waals surface area contributed by atoms with Gasteiger partial charge in [0.05, 0.1) is 26.0 Å². The van der Waals surface area contributed by atoms with Crippen LogP contribution in [-0.2, 0) is 30.9 Å². The number of hydrogen-bond acceptors (Lipinski definition) is 6. The first kappa shape index (κ1) is 25.5. The van der Waals surface area contributed by atoms with Crippen LogP contribution in [-0.4, -0.2) is 99.6 Å². The zero-order chi connectivity index (χ0) is 23.0. The molecule has 1 aliphatic rings. The molecule has 1 aromatic carbocycles. The number of amides is 2. The van der Waals surface area contributed by atoms with Crippen LogP contribution >= 0.6 is 11.6 Å². The lowest BCUT2D eigenvalue weighted by molar-refractivity contribution is -0.140. The van der Waals surface area contributed by atoms with Gasteiger partial charge in [0.15, 0.2) is 0 Å². The molecule has 9 nitrogen and oxygen atoms in total. The Labute approximate surface area is 189 Å². The third kappa shape index (κ3) is 8.38. The first-order chi connectivity index (χ1) is 14.6. The number of benzene rings is 1. The molecule has 1 atom stereocenters. The van der Waals surface area contributed by atoms with Gasteiger partial charge in [0.2, 0.25) is 21.8 Å². The fourth-order valence-corrected chi connectivity index (χ4v) is 3.55. The van der Waals surface area contributed by atoms with Crippen molar-refractivity contribution in [1.82, 2.24) is 19.4 Å². The van der Waals surface area contributed by atoms with Gasteiger partial charge < -0.3 is 15.0 Å². The summed E-state index contributed by atoms with van der Waals surface area (Å²) in [5.41, 5.74) is 0.785. The van der Waals surface area contributed by atoms with Gasteiger partial charge in [-0.1, -0.05) is 23.7 Å². The fraction of sp³-hybridized carbons (Fsp3) is 0.600. The minimum absolute atomic E-state index is 0.158. The van der Waals surface area contributed by atoms with E-state index in [0.29, 0.717) is 31.3 Å². The number of hydrogen-bond donors (Lipinski definition) is 1. The first-order valence-electron chi connectivity index (χ1n) is 10.1. The average Bonchev–Trinajstić information content (AvgIpc) is 2.72. The molecular formula is C20H31ClN4O5S. The standard InChI is InChI=1S/C20H31ClN4O5S/c1-16(20(27)22-8-9-24-10-12-30-13-11-24)25(14-17-4-6-18(21)7-5-17)19(26)15-23(2)31(3,28)29/h4-7,16H,8-15H2,1-3H3,(H,22,27)/t16-/m0/s1. The highest BCUT2D eigenvalue weighted by Crippen LogP contribution is 2.14. The van der Waals surface area contributed by atoms with Crippen molar-refractivity contribution >= 4 is 33.4 Å². The maximum Gasteiger partial charge on any atom is 0.242 e. The number of rotatable bonds is 10.